The topological polar surface area (TPSA) is 49.4 Å². The third-order valence-corrected chi connectivity index (χ3v) is 5.83. The number of nitrogens with zero attached hydrogens (tertiary/aromatic N) is 1. The van der Waals surface area contributed by atoms with Crippen LogP contribution in [0, 0.1) is 5.82 Å². The first-order valence-electron chi connectivity index (χ1n) is 9.55. The fourth-order valence-corrected chi connectivity index (χ4v) is 4.13. The van der Waals surface area contributed by atoms with Crippen LogP contribution in [0.3, 0.4) is 0 Å². The number of halogens is 2. The fourth-order valence-electron chi connectivity index (χ4n) is 2.89. The van der Waals surface area contributed by atoms with Crippen molar-refractivity contribution in [3.05, 3.63) is 70.5 Å². The second-order valence-electron chi connectivity index (χ2n) is 6.59. The Morgan fingerprint density at radius 1 is 1.17 bits per heavy atom. The molecule has 29 heavy (non-hydrogen) atoms. The van der Waals surface area contributed by atoms with Crippen molar-refractivity contribution in [1.82, 2.24) is 10.2 Å². The molecule has 7 heteroatoms. The van der Waals surface area contributed by atoms with E-state index in [0.29, 0.717) is 35.8 Å². The first-order chi connectivity index (χ1) is 13.9. The fraction of sp³-hybridized carbons (Fsp3) is 0.364. The number of hydrogen-bond donors (Lipinski definition) is 1. The largest absolute Gasteiger partial charge is 0.355 e. The zero-order valence-corrected chi connectivity index (χ0v) is 18.2. The van der Waals surface area contributed by atoms with Gasteiger partial charge in [-0.2, -0.15) is 0 Å². The van der Waals surface area contributed by atoms with Gasteiger partial charge in [0.2, 0.25) is 11.8 Å². The normalized spacial score (nSPS) is 11.7. The van der Waals surface area contributed by atoms with Gasteiger partial charge < -0.3 is 10.2 Å². The molecule has 0 radical (unpaired) electrons. The van der Waals surface area contributed by atoms with E-state index in [9.17, 15) is 14.0 Å². The quantitative estimate of drug-likeness (QED) is 0.603. The van der Waals surface area contributed by atoms with Crippen LogP contribution < -0.4 is 5.32 Å². The van der Waals surface area contributed by atoms with Crippen molar-refractivity contribution in [3.63, 3.8) is 0 Å². The molecule has 0 aromatic heterocycles. The number of likely N-dealkylation sites (N-methyl/N-ethyl adjacent to an activating group) is 1. The minimum atomic E-state index is -0.580. The third kappa shape index (κ3) is 7.05. The highest BCUT2D eigenvalue weighted by Crippen LogP contribution is 2.24. The van der Waals surface area contributed by atoms with Crippen LogP contribution in [0.2, 0.25) is 5.02 Å². The van der Waals surface area contributed by atoms with Crippen LogP contribution in [-0.4, -0.2) is 41.6 Å². The highest BCUT2D eigenvalue weighted by atomic mass is 35.5. The number of rotatable bonds is 10. The van der Waals surface area contributed by atoms with Crippen LogP contribution in [0.25, 0.3) is 0 Å². The van der Waals surface area contributed by atoms with Gasteiger partial charge in [0.25, 0.3) is 0 Å². The highest BCUT2D eigenvalue weighted by molar-refractivity contribution is 7.99. The molecular formula is C22H26ClFN2O2S. The average molecular weight is 437 g/mol. The predicted molar refractivity (Wildman–Crippen MR) is 118 cm³/mol. The number of thioether (sulfide) groups is 1. The Hall–Kier alpha value is -2.05. The second-order valence-corrected chi connectivity index (χ2v) is 7.98. The summed E-state index contributed by atoms with van der Waals surface area (Å²) in [5.41, 5.74) is 1.48. The van der Waals surface area contributed by atoms with E-state index in [1.54, 1.807) is 24.0 Å². The van der Waals surface area contributed by atoms with E-state index in [-0.39, 0.29) is 23.4 Å². The summed E-state index contributed by atoms with van der Waals surface area (Å²) in [6, 6.07) is 13.8. The average Bonchev–Trinajstić information content (AvgIpc) is 2.71. The van der Waals surface area contributed by atoms with Crippen molar-refractivity contribution in [3.8, 4) is 0 Å². The summed E-state index contributed by atoms with van der Waals surface area (Å²) in [6.45, 7) is 4.51. The lowest BCUT2D eigenvalue weighted by Gasteiger charge is -2.28. The van der Waals surface area contributed by atoms with Gasteiger partial charge in [-0.05, 0) is 38.0 Å². The van der Waals surface area contributed by atoms with E-state index >= 15 is 0 Å². The number of carbonyl (C=O) groups excluding carboxylic acids is 2. The highest BCUT2D eigenvalue weighted by Gasteiger charge is 2.25. The Kier molecular flexibility index (Phi) is 9.48. The molecule has 1 atom stereocenters. The number of nitrogens with one attached hydrogen (secondary N) is 1. The number of hydrogen-bond acceptors (Lipinski definition) is 3. The molecule has 1 N–H and O–H groups in total. The van der Waals surface area contributed by atoms with Gasteiger partial charge in [0.05, 0.1) is 5.75 Å². The molecule has 0 heterocycles. The molecule has 0 saturated heterocycles. The lowest BCUT2D eigenvalue weighted by molar-refractivity contribution is -0.137. The Balaban J connectivity index is 2.01. The zero-order valence-electron chi connectivity index (χ0n) is 16.7. The molecule has 0 aliphatic carbocycles. The van der Waals surface area contributed by atoms with Crippen molar-refractivity contribution >= 4 is 35.2 Å². The lowest BCUT2D eigenvalue weighted by Crippen LogP contribution is -2.49. The monoisotopic (exact) mass is 436 g/mol. The SMILES string of the molecule is CCNC(=O)C(C)N(CCc1ccccc1)C(=O)CSCc1c(F)cccc1Cl. The maximum atomic E-state index is 13.9. The molecular weight excluding hydrogens is 411 g/mol. The molecule has 1 unspecified atom stereocenters. The molecule has 0 spiro atoms. The zero-order chi connectivity index (χ0) is 21.2. The van der Waals surface area contributed by atoms with Crippen molar-refractivity contribution in [1.29, 1.82) is 0 Å². The first kappa shape index (κ1) is 23.2. The molecule has 0 saturated carbocycles. The van der Waals surface area contributed by atoms with Gasteiger partial charge in [0.15, 0.2) is 0 Å². The van der Waals surface area contributed by atoms with Gasteiger partial charge in [-0.3, -0.25) is 9.59 Å². The number of amides is 2. The van der Waals surface area contributed by atoms with Crippen LogP contribution in [0.1, 0.15) is 25.0 Å². The van der Waals surface area contributed by atoms with Gasteiger partial charge in [0.1, 0.15) is 11.9 Å². The van der Waals surface area contributed by atoms with E-state index in [2.05, 4.69) is 5.32 Å². The molecule has 2 aromatic rings. The summed E-state index contributed by atoms with van der Waals surface area (Å²) in [4.78, 5) is 26.8. The minimum Gasteiger partial charge on any atom is -0.355 e. The van der Waals surface area contributed by atoms with E-state index in [1.807, 2.05) is 37.3 Å². The van der Waals surface area contributed by atoms with E-state index in [4.69, 9.17) is 11.6 Å². The van der Waals surface area contributed by atoms with Crippen LogP contribution in [0.5, 0.6) is 0 Å². The van der Waals surface area contributed by atoms with E-state index in [1.165, 1.54) is 17.8 Å². The van der Waals surface area contributed by atoms with E-state index in [0.717, 1.165) is 5.56 Å². The van der Waals surface area contributed by atoms with Gasteiger partial charge in [-0.15, -0.1) is 11.8 Å². The summed E-state index contributed by atoms with van der Waals surface area (Å²) in [5, 5.41) is 3.12. The molecule has 2 rings (SSSR count). The number of carbonyl (C=O) groups is 2. The molecule has 2 aromatic carbocycles. The molecule has 0 fully saturated rings. The van der Waals surface area contributed by atoms with Gasteiger partial charge in [-0.25, -0.2) is 4.39 Å². The van der Waals surface area contributed by atoms with Crippen LogP contribution in [0.4, 0.5) is 4.39 Å². The maximum absolute atomic E-state index is 13.9. The summed E-state index contributed by atoms with van der Waals surface area (Å²) < 4.78 is 13.9. The molecule has 0 aliphatic heterocycles. The summed E-state index contributed by atoms with van der Waals surface area (Å²) >= 11 is 7.34. The Morgan fingerprint density at radius 3 is 2.55 bits per heavy atom. The Morgan fingerprint density at radius 2 is 1.90 bits per heavy atom. The van der Waals surface area contributed by atoms with Crippen molar-refractivity contribution in [2.24, 2.45) is 0 Å². The third-order valence-electron chi connectivity index (χ3n) is 4.54. The van der Waals surface area contributed by atoms with E-state index < -0.39 is 6.04 Å². The molecule has 0 bridgehead atoms. The van der Waals surface area contributed by atoms with Gasteiger partial charge in [0, 0.05) is 29.4 Å². The summed E-state index contributed by atoms with van der Waals surface area (Å²) in [5.74, 6) is -0.287. The number of benzene rings is 2. The summed E-state index contributed by atoms with van der Waals surface area (Å²) in [7, 11) is 0. The summed E-state index contributed by atoms with van der Waals surface area (Å²) in [6.07, 6.45) is 0.653. The molecule has 4 nitrogen and oxygen atoms in total. The minimum absolute atomic E-state index is 0.142. The molecule has 0 aliphatic rings. The van der Waals surface area contributed by atoms with Crippen LogP contribution in [0.15, 0.2) is 48.5 Å². The Labute approximate surface area is 180 Å². The van der Waals surface area contributed by atoms with Crippen molar-refractivity contribution in [2.75, 3.05) is 18.8 Å². The standard InChI is InChI=1S/C22H26ClFN2O2S/c1-3-25-22(28)16(2)26(13-12-17-8-5-4-6-9-17)21(27)15-29-14-18-19(23)10-7-11-20(18)24/h4-11,16H,3,12-15H2,1-2H3,(H,25,28). The van der Waals surface area contributed by atoms with Crippen LogP contribution in [-0.2, 0) is 21.8 Å². The first-order valence-corrected chi connectivity index (χ1v) is 11.1. The lowest BCUT2D eigenvalue weighted by atomic mass is 10.1. The van der Waals surface area contributed by atoms with Crippen LogP contribution >= 0.6 is 23.4 Å². The van der Waals surface area contributed by atoms with Crippen molar-refractivity contribution < 1.29 is 14.0 Å². The van der Waals surface area contributed by atoms with Gasteiger partial charge in [-0.1, -0.05) is 48.0 Å². The Bertz CT molecular complexity index is 799. The molecule has 156 valence electrons. The second kappa shape index (κ2) is 11.8. The maximum Gasteiger partial charge on any atom is 0.242 e. The van der Waals surface area contributed by atoms with Gasteiger partial charge >= 0.3 is 0 Å². The van der Waals surface area contributed by atoms with Crippen molar-refractivity contribution in [2.45, 2.75) is 32.1 Å². The predicted octanol–water partition coefficient (Wildman–Crippen LogP) is 4.31. The smallest absolute Gasteiger partial charge is 0.242 e. The molecule has 2 amide bonds.